The summed E-state index contributed by atoms with van der Waals surface area (Å²) in [6.45, 7) is 0.767. The van der Waals surface area contributed by atoms with E-state index in [1.54, 1.807) is 23.1 Å². The molecule has 1 aliphatic rings. The lowest BCUT2D eigenvalue weighted by atomic mass is 10.1. The number of nitrogen functional groups attached to an aromatic ring is 1. The maximum atomic E-state index is 9.16. The lowest BCUT2D eigenvalue weighted by Crippen LogP contribution is -2.18. The van der Waals surface area contributed by atoms with Crippen LogP contribution in [0.3, 0.4) is 0 Å². The molecule has 0 aromatic carbocycles. The van der Waals surface area contributed by atoms with Gasteiger partial charge in [0.2, 0.25) is 0 Å². The number of aromatic nitrogens is 3. The molecule has 20 heavy (non-hydrogen) atoms. The lowest BCUT2D eigenvalue weighted by Gasteiger charge is -2.22. The van der Waals surface area contributed by atoms with Crippen molar-refractivity contribution in [3.8, 4) is 17.3 Å². The standard InChI is InChI=1S/C14H15N5O/c15-6-10-5-12(16)8-17-14(10)11-7-18-19(9-11)13-3-1-2-4-20-13/h5,7-9,13H,1-4,16H2. The van der Waals surface area contributed by atoms with Gasteiger partial charge in [0, 0.05) is 18.4 Å². The molecular formula is C14H15N5O. The van der Waals surface area contributed by atoms with Crippen molar-refractivity contribution in [2.24, 2.45) is 0 Å². The molecule has 1 saturated heterocycles. The average Bonchev–Trinajstić information content (AvgIpc) is 2.97. The van der Waals surface area contributed by atoms with E-state index in [9.17, 15) is 0 Å². The topological polar surface area (TPSA) is 89.8 Å². The van der Waals surface area contributed by atoms with Crippen molar-refractivity contribution in [1.29, 1.82) is 5.26 Å². The first-order valence-electron chi connectivity index (χ1n) is 6.59. The minimum atomic E-state index is -0.0168. The summed E-state index contributed by atoms with van der Waals surface area (Å²) in [6, 6.07) is 3.73. The number of nitrogens with two attached hydrogens (primary N) is 1. The number of ether oxygens (including phenoxy) is 1. The Hall–Kier alpha value is -2.39. The number of rotatable bonds is 2. The van der Waals surface area contributed by atoms with Crippen LogP contribution < -0.4 is 5.73 Å². The third-order valence-electron chi connectivity index (χ3n) is 3.35. The molecule has 0 saturated carbocycles. The first-order chi connectivity index (χ1) is 9.78. The summed E-state index contributed by atoms with van der Waals surface area (Å²) in [6.07, 6.45) is 8.31. The summed E-state index contributed by atoms with van der Waals surface area (Å²) < 4.78 is 7.48. The fourth-order valence-corrected chi connectivity index (χ4v) is 2.35. The second-order valence-corrected chi connectivity index (χ2v) is 4.81. The molecule has 0 bridgehead atoms. The van der Waals surface area contributed by atoms with Crippen LogP contribution in [0.1, 0.15) is 31.1 Å². The Kier molecular flexibility index (Phi) is 3.35. The molecule has 6 nitrogen and oxygen atoms in total. The zero-order chi connectivity index (χ0) is 13.9. The van der Waals surface area contributed by atoms with Crippen LogP contribution in [-0.2, 0) is 4.74 Å². The number of nitrogens with zero attached hydrogens (tertiary/aromatic N) is 4. The SMILES string of the molecule is N#Cc1cc(N)cnc1-c1cnn(C2CCCCO2)c1. The molecule has 1 fully saturated rings. The first kappa shape index (κ1) is 12.6. The highest BCUT2D eigenvalue weighted by molar-refractivity contribution is 5.67. The molecule has 3 rings (SSSR count). The van der Waals surface area contributed by atoms with Gasteiger partial charge in [-0.2, -0.15) is 10.4 Å². The normalized spacial score (nSPS) is 18.6. The van der Waals surface area contributed by atoms with E-state index in [0.29, 0.717) is 16.9 Å². The Morgan fingerprint density at radius 3 is 3.05 bits per heavy atom. The predicted octanol–water partition coefficient (Wildman–Crippen LogP) is 2.10. The van der Waals surface area contributed by atoms with E-state index in [2.05, 4.69) is 16.2 Å². The van der Waals surface area contributed by atoms with Crippen molar-refractivity contribution in [3.63, 3.8) is 0 Å². The van der Waals surface area contributed by atoms with Gasteiger partial charge in [0.25, 0.3) is 0 Å². The zero-order valence-electron chi connectivity index (χ0n) is 11.0. The lowest BCUT2D eigenvalue weighted by molar-refractivity contribution is -0.0394. The van der Waals surface area contributed by atoms with Crippen LogP contribution in [0, 0.1) is 11.3 Å². The van der Waals surface area contributed by atoms with Gasteiger partial charge in [-0.1, -0.05) is 0 Å². The Morgan fingerprint density at radius 1 is 1.40 bits per heavy atom. The first-order valence-corrected chi connectivity index (χ1v) is 6.59. The van der Waals surface area contributed by atoms with Crippen LogP contribution in [0.15, 0.2) is 24.7 Å². The van der Waals surface area contributed by atoms with Gasteiger partial charge in [0.05, 0.1) is 29.3 Å². The summed E-state index contributed by atoms with van der Waals surface area (Å²) >= 11 is 0. The van der Waals surface area contributed by atoms with Gasteiger partial charge < -0.3 is 10.5 Å². The summed E-state index contributed by atoms with van der Waals surface area (Å²) in [5.41, 5.74) is 7.98. The molecule has 102 valence electrons. The molecule has 1 aliphatic heterocycles. The smallest absolute Gasteiger partial charge is 0.150 e. The van der Waals surface area contributed by atoms with Gasteiger partial charge in [-0.25, -0.2) is 4.68 Å². The maximum Gasteiger partial charge on any atom is 0.150 e. The predicted molar refractivity (Wildman–Crippen MR) is 73.4 cm³/mol. The maximum absolute atomic E-state index is 9.16. The molecule has 2 N–H and O–H groups in total. The third-order valence-corrected chi connectivity index (χ3v) is 3.35. The van der Waals surface area contributed by atoms with E-state index in [1.807, 2.05) is 6.20 Å². The van der Waals surface area contributed by atoms with Gasteiger partial charge in [-0.15, -0.1) is 0 Å². The van der Waals surface area contributed by atoms with Crippen molar-refractivity contribution in [3.05, 3.63) is 30.2 Å². The number of hydrogen-bond donors (Lipinski definition) is 1. The quantitative estimate of drug-likeness (QED) is 0.901. The van der Waals surface area contributed by atoms with E-state index in [0.717, 1.165) is 31.4 Å². The van der Waals surface area contributed by atoms with Gasteiger partial charge in [-0.3, -0.25) is 4.98 Å². The van der Waals surface area contributed by atoms with E-state index in [-0.39, 0.29) is 6.23 Å². The second kappa shape index (κ2) is 5.31. The van der Waals surface area contributed by atoms with Crippen LogP contribution in [0.2, 0.25) is 0 Å². The monoisotopic (exact) mass is 269 g/mol. The third kappa shape index (κ3) is 2.36. The second-order valence-electron chi connectivity index (χ2n) is 4.81. The summed E-state index contributed by atoms with van der Waals surface area (Å²) in [4.78, 5) is 4.24. The summed E-state index contributed by atoms with van der Waals surface area (Å²) in [5.74, 6) is 0. The highest BCUT2D eigenvalue weighted by Gasteiger charge is 2.18. The highest BCUT2D eigenvalue weighted by atomic mass is 16.5. The Morgan fingerprint density at radius 2 is 2.30 bits per heavy atom. The van der Waals surface area contributed by atoms with Crippen LogP contribution in [-0.4, -0.2) is 21.4 Å². The molecular weight excluding hydrogens is 254 g/mol. The molecule has 0 amide bonds. The van der Waals surface area contributed by atoms with Crippen LogP contribution >= 0.6 is 0 Å². The van der Waals surface area contributed by atoms with Gasteiger partial charge >= 0.3 is 0 Å². The molecule has 1 atom stereocenters. The van der Waals surface area contributed by atoms with Crippen molar-refractivity contribution in [2.45, 2.75) is 25.5 Å². The fraction of sp³-hybridized carbons (Fsp3) is 0.357. The van der Waals surface area contributed by atoms with E-state index in [1.165, 1.54) is 0 Å². The molecule has 1 unspecified atom stereocenters. The Labute approximate surface area is 116 Å². The van der Waals surface area contributed by atoms with Crippen LogP contribution in [0.4, 0.5) is 5.69 Å². The Balaban J connectivity index is 1.92. The summed E-state index contributed by atoms with van der Waals surface area (Å²) in [5, 5.41) is 13.5. The number of hydrogen-bond acceptors (Lipinski definition) is 5. The number of nitriles is 1. The molecule has 6 heteroatoms. The van der Waals surface area contributed by atoms with Crippen molar-refractivity contribution >= 4 is 5.69 Å². The molecule has 2 aromatic heterocycles. The molecule has 2 aromatic rings. The van der Waals surface area contributed by atoms with Crippen molar-refractivity contribution in [1.82, 2.24) is 14.8 Å². The van der Waals surface area contributed by atoms with Crippen molar-refractivity contribution in [2.75, 3.05) is 12.3 Å². The van der Waals surface area contributed by atoms with Gasteiger partial charge in [0.15, 0.2) is 0 Å². The van der Waals surface area contributed by atoms with E-state index >= 15 is 0 Å². The summed E-state index contributed by atoms with van der Waals surface area (Å²) in [7, 11) is 0. The average molecular weight is 269 g/mol. The molecule has 0 spiro atoms. The minimum absolute atomic E-state index is 0.0168. The van der Waals surface area contributed by atoms with Crippen molar-refractivity contribution < 1.29 is 4.74 Å². The molecule has 0 radical (unpaired) electrons. The zero-order valence-corrected chi connectivity index (χ0v) is 11.0. The Bertz CT molecular complexity index is 652. The van der Waals surface area contributed by atoms with Gasteiger partial charge in [-0.05, 0) is 25.3 Å². The van der Waals surface area contributed by atoms with Crippen LogP contribution in [0.5, 0.6) is 0 Å². The number of pyridine rings is 1. The number of anilines is 1. The molecule has 3 heterocycles. The van der Waals surface area contributed by atoms with Crippen LogP contribution in [0.25, 0.3) is 11.3 Å². The fourth-order valence-electron chi connectivity index (χ4n) is 2.35. The van der Waals surface area contributed by atoms with E-state index < -0.39 is 0 Å². The molecule has 0 aliphatic carbocycles. The van der Waals surface area contributed by atoms with E-state index in [4.69, 9.17) is 15.7 Å². The minimum Gasteiger partial charge on any atom is -0.397 e. The van der Waals surface area contributed by atoms with Gasteiger partial charge in [0.1, 0.15) is 12.3 Å². The largest absolute Gasteiger partial charge is 0.397 e. The highest BCUT2D eigenvalue weighted by Crippen LogP contribution is 2.26.